The van der Waals surface area contributed by atoms with Gasteiger partial charge in [-0.15, -0.1) is 0 Å². The fraction of sp³-hybridized carbons (Fsp3) is 0.250. The zero-order chi connectivity index (χ0) is 12.4. The van der Waals surface area contributed by atoms with Crippen molar-refractivity contribution in [3.63, 3.8) is 0 Å². The quantitative estimate of drug-likeness (QED) is 0.744. The molecule has 0 amide bonds. The van der Waals surface area contributed by atoms with E-state index in [-0.39, 0.29) is 0 Å². The van der Waals surface area contributed by atoms with Crippen molar-refractivity contribution in [1.29, 1.82) is 0 Å². The van der Waals surface area contributed by atoms with Gasteiger partial charge in [-0.2, -0.15) is 0 Å². The molecule has 5 heteroatoms. The van der Waals surface area contributed by atoms with E-state index in [1.54, 1.807) is 24.3 Å². The van der Waals surface area contributed by atoms with Crippen LogP contribution < -0.4 is 0 Å². The van der Waals surface area contributed by atoms with Crippen LogP contribution in [0.1, 0.15) is 18.1 Å². The molecule has 0 fully saturated rings. The Morgan fingerprint density at radius 2 is 2.06 bits per heavy atom. The van der Waals surface area contributed by atoms with Gasteiger partial charge < -0.3 is 19.7 Å². The van der Waals surface area contributed by atoms with Gasteiger partial charge in [0.25, 0.3) is 0 Å². The molecule has 0 aliphatic rings. The number of benzene rings is 1. The lowest BCUT2D eigenvalue weighted by molar-refractivity contribution is -0.141. The van der Waals surface area contributed by atoms with Crippen LogP contribution in [-0.4, -0.2) is 27.4 Å². The van der Waals surface area contributed by atoms with Gasteiger partial charge in [0, 0.05) is 5.39 Å². The molecule has 5 nitrogen and oxygen atoms in total. The fourth-order valence-electron chi connectivity index (χ4n) is 1.68. The van der Waals surface area contributed by atoms with Gasteiger partial charge in [-0.1, -0.05) is 6.07 Å². The van der Waals surface area contributed by atoms with Crippen molar-refractivity contribution in [2.24, 2.45) is 0 Å². The third-order valence-electron chi connectivity index (χ3n) is 2.57. The van der Waals surface area contributed by atoms with Gasteiger partial charge in [-0.25, -0.2) is 0 Å². The second-order valence-corrected chi connectivity index (χ2v) is 3.83. The molecule has 0 aliphatic carbocycles. The number of fused-ring (bicyclic) bond motifs is 1. The number of carboxylic acid groups (broad SMARTS) is 1. The van der Waals surface area contributed by atoms with E-state index < -0.39 is 24.6 Å². The Bertz CT molecular complexity index is 530. The standard InChI is InChI=1S/C12H12O5/c13-9(6-11(14)15)12(16)8-1-2-10-7(5-8)3-4-17-10/h1-5,9,12-13,16H,6H2,(H,14,15). The summed E-state index contributed by atoms with van der Waals surface area (Å²) in [5.74, 6) is -1.15. The van der Waals surface area contributed by atoms with Gasteiger partial charge in [0.15, 0.2) is 0 Å². The first-order valence-corrected chi connectivity index (χ1v) is 5.13. The number of furan rings is 1. The van der Waals surface area contributed by atoms with Crippen LogP contribution in [0.25, 0.3) is 11.0 Å². The number of hydrogen-bond acceptors (Lipinski definition) is 4. The molecule has 0 spiro atoms. The lowest BCUT2D eigenvalue weighted by Gasteiger charge is -2.16. The molecule has 2 atom stereocenters. The van der Waals surface area contributed by atoms with Crippen LogP contribution in [0.5, 0.6) is 0 Å². The van der Waals surface area contributed by atoms with E-state index in [9.17, 15) is 15.0 Å². The summed E-state index contributed by atoms with van der Waals surface area (Å²) in [6, 6.07) is 6.66. The molecule has 0 bridgehead atoms. The summed E-state index contributed by atoms with van der Waals surface area (Å²) in [5.41, 5.74) is 1.14. The molecule has 2 aromatic rings. The number of aliphatic carboxylic acids is 1. The average molecular weight is 236 g/mol. The van der Waals surface area contributed by atoms with Gasteiger partial charge in [0.2, 0.25) is 0 Å². The van der Waals surface area contributed by atoms with Crippen LogP contribution in [0.3, 0.4) is 0 Å². The SMILES string of the molecule is O=C(O)CC(O)C(O)c1ccc2occc2c1. The Morgan fingerprint density at radius 1 is 1.29 bits per heavy atom. The first-order valence-electron chi connectivity index (χ1n) is 5.13. The van der Waals surface area contributed by atoms with Crippen LogP contribution in [0, 0.1) is 0 Å². The van der Waals surface area contributed by atoms with E-state index in [0.717, 1.165) is 5.39 Å². The van der Waals surface area contributed by atoms with Crippen molar-refractivity contribution in [2.45, 2.75) is 18.6 Å². The first kappa shape index (κ1) is 11.6. The maximum Gasteiger partial charge on any atom is 0.306 e. The van der Waals surface area contributed by atoms with Crippen LogP contribution in [0.15, 0.2) is 34.9 Å². The van der Waals surface area contributed by atoms with E-state index in [1.165, 1.54) is 6.26 Å². The summed E-state index contributed by atoms with van der Waals surface area (Å²) in [6.45, 7) is 0. The van der Waals surface area contributed by atoms with Gasteiger partial charge in [-0.3, -0.25) is 4.79 Å². The fourth-order valence-corrected chi connectivity index (χ4v) is 1.68. The summed E-state index contributed by atoms with van der Waals surface area (Å²) in [6.07, 6.45) is -1.51. The molecule has 1 aromatic carbocycles. The van der Waals surface area contributed by atoms with E-state index in [2.05, 4.69) is 0 Å². The molecule has 3 N–H and O–H groups in total. The molecule has 0 saturated carbocycles. The summed E-state index contributed by atoms with van der Waals surface area (Å²) >= 11 is 0. The van der Waals surface area contributed by atoms with Crippen LogP contribution in [0.2, 0.25) is 0 Å². The van der Waals surface area contributed by atoms with Crippen molar-refractivity contribution in [2.75, 3.05) is 0 Å². The highest BCUT2D eigenvalue weighted by atomic mass is 16.4. The highest BCUT2D eigenvalue weighted by Gasteiger charge is 2.21. The summed E-state index contributed by atoms with van der Waals surface area (Å²) in [4.78, 5) is 10.4. The second-order valence-electron chi connectivity index (χ2n) is 3.83. The molecule has 1 heterocycles. The molecule has 0 aliphatic heterocycles. The van der Waals surface area contributed by atoms with Gasteiger partial charge >= 0.3 is 5.97 Å². The van der Waals surface area contributed by atoms with Gasteiger partial charge in [-0.05, 0) is 23.8 Å². The van der Waals surface area contributed by atoms with Crippen LogP contribution in [-0.2, 0) is 4.79 Å². The molecular formula is C12H12O5. The molecule has 0 radical (unpaired) electrons. The second kappa shape index (κ2) is 4.57. The van der Waals surface area contributed by atoms with Crippen molar-refractivity contribution >= 4 is 16.9 Å². The molecule has 17 heavy (non-hydrogen) atoms. The number of aliphatic hydroxyl groups excluding tert-OH is 2. The maximum atomic E-state index is 10.4. The maximum absolute atomic E-state index is 10.4. The van der Waals surface area contributed by atoms with E-state index in [0.29, 0.717) is 11.1 Å². The van der Waals surface area contributed by atoms with Gasteiger partial charge in [0.1, 0.15) is 11.7 Å². The first-order chi connectivity index (χ1) is 8.08. The van der Waals surface area contributed by atoms with Crippen molar-refractivity contribution in [3.05, 3.63) is 36.1 Å². The third kappa shape index (κ3) is 2.46. The molecular weight excluding hydrogens is 224 g/mol. The largest absolute Gasteiger partial charge is 0.481 e. The Morgan fingerprint density at radius 3 is 2.76 bits per heavy atom. The number of hydrogen-bond donors (Lipinski definition) is 3. The number of carbonyl (C=O) groups is 1. The Labute approximate surface area is 96.9 Å². The Kier molecular flexibility index (Phi) is 3.12. The highest BCUT2D eigenvalue weighted by Crippen LogP contribution is 2.24. The Hall–Kier alpha value is -1.85. The number of carboxylic acids is 1. The Balaban J connectivity index is 2.23. The average Bonchev–Trinajstić information content (AvgIpc) is 2.73. The third-order valence-corrected chi connectivity index (χ3v) is 2.57. The number of rotatable bonds is 4. The minimum Gasteiger partial charge on any atom is -0.481 e. The minimum atomic E-state index is -1.32. The zero-order valence-electron chi connectivity index (χ0n) is 8.91. The van der Waals surface area contributed by atoms with E-state index in [1.807, 2.05) is 0 Å². The molecule has 0 saturated heterocycles. The predicted octanol–water partition coefficient (Wildman–Crippen LogP) is 1.30. The molecule has 90 valence electrons. The topological polar surface area (TPSA) is 90.9 Å². The van der Waals surface area contributed by atoms with Crippen LogP contribution >= 0.6 is 0 Å². The predicted molar refractivity (Wildman–Crippen MR) is 59.4 cm³/mol. The smallest absolute Gasteiger partial charge is 0.306 e. The molecule has 1 aromatic heterocycles. The van der Waals surface area contributed by atoms with E-state index >= 15 is 0 Å². The summed E-state index contributed by atoms with van der Waals surface area (Å²) < 4.78 is 5.14. The summed E-state index contributed by atoms with van der Waals surface area (Å²) in [7, 11) is 0. The lowest BCUT2D eigenvalue weighted by atomic mass is 10.0. The highest BCUT2D eigenvalue weighted by molar-refractivity contribution is 5.77. The molecule has 2 unspecified atom stereocenters. The normalized spacial score (nSPS) is 14.7. The van der Waals surface area contributed by atoms with Crippen LogP contribution in [0.4, 0.5) is 0 Å². The minimum absolute atomic E-state index is 0.465. The van der Waals surface area contributed by atoms with Crippen molar-refractivity contribution < 1.29 is 24.5 Å². The number of aliphatic hydroxyl groups is 2. The van der Waals surface area contributed by atoms with Crippen molar-refractivity contribution in [1.82, 2.24) is 0 Å². The van der Waals surface area contributed by atoms with Crippen molar-refractivity contribution in [3.8, 4) is 0 Å². The summed E-state index contributed by atoms with van der Waals surface area (Å²) in [5, 5.41) is 28.6. The van der Waals surface area contributed by atoms with E-state index in [4.69, 9.17) is 9.52 Å². The molecule has 2 rings (SSSR count). The monoisotopic (exact) mass is 236 g/mol. The lowest BCUT2D eigenvalue weighted by Crippen LogP contribution is -2.21. The van der Waals surface area contributed by atoms with Gasteiger partial charge in [0.05, 0.1) is 18.8 Å². The zero-order valence-corrected chi connectivity index (χ0v) is 8.91.